The zero-order valence-corrected chi connectivity index (χ0v) is 27.4. The maximum Gasteiger partial charge on any atom is 0.144 e. The van der Waals surface area contributed by atoms with Gasteiger partial charge in [0, 0.05) is 11.1 Å². The molecule has 0 N–H and O–H groups in total. The van der Waals surface area contributed by atoms with Crippen molar-refractivity contribution in [2.45, 2.75) is 0 Å². The third-order valence-electron chi connectivity index (χ3n) is 9.78. The molecule has 8 aromatic rings. The first-order valence-corrected chi connectivity index (χ1v) is 16.1. The Bertz CT molecular complexity index is 2660. The van der Waals surface area contributed by atoms with Crippen molar-refractivity contribution in [1.29, 1.82) is 0 Å². The van der Waals surface area contributed by atoms with E-state index >= 15 is 0 Å². The smallest absolute Gasteiger partial charge is 0.144 e. The van der Waals surface area contributed by atoms with Crippen LogP contribution in [0.1, 0.15) is 0 Å². The summed E-state index contributed by atoms with van der Waals surface area (Å²) in [4.78, 5) is 5.04. The van der Waals surface area contributed by atoms with Crippen molar-refractivity contribution in [3.05, 3.63) is 97.1 Å². The number of para-hydroxylation sites is 3. The minimum absolute atomic E-state index is 0.126. The van der Waals surface area contributed by atoms with E-state index in [2.05, 4.69) is 18.2 Å². The fourth-order valence-corrected chi connectivity index (χ4v) is 7.22. The van der Waals surface area contributed by atoms with Gasteiger partial charge in [-0.1, -0.05) is 101 Å². The molecule has 8 rings (SSSR count). The number of hydrogen-bond donors (Lipinski definition) is 0. The van der Waals surface area contributed by atoms with Gasteiger partial charge in [-0.15, -0.1) is 32.8 Å². The Hall–Kier alpha value is -4.82. The third-order valence-corrected chi connectivity index (χ3v) is 9.78. The highest BCUT2D eigenvalue weighted by atomic mass is 15.1. The van der Waals surface area contributed by atoms with Crippen LogP contribution in [-0.4, -0.2) is 88.0 Å². The second-order valence-electron chi connectivity index (χ2n) is 12.5. The minimum atomic E-state index is 0.126. The predicted molar refractivity (Wildman–Crippen MR) is 226 cm³/mol. The van der Waals surface area contributed by atoms with E-state index in [1.54, 1.807) is 0 Å². The Morgan fingerprint density at radius 2 is 0.745 bits per heavy atom. The maximum absolute atomic E-state index is 6.69. The molecule has 1 heterocycles. The van der Waals surface area contributed by atoms with E-state index in [1.807, 2.05) is 83.4 Å². The highest BCUT2D eigenvalue weighted by Crippen LogP contribution is 2.45. The van der Waals surface area contributed by atoms with E-state index in [4.69, 9.17) is 83.4 Å². The zero-order chi connectivity index (χ0) is 35.9. The summed E-state index contributed by atoms with van der Waals surface area (Å²) in [5.74, 6) is 0.454. The predicted octanol–water partition coefficient (Wildman–Crippen LogP) is -1.73. The Balaban J connectivity index is 1.52. The van der Waals surface area contributed by atoms with Gasteiger partial charge in [0.25, 0.3) is 0 Å². The monoisotopic (exact) mass is 622 g/mol. The van der Waals surface area contributed by atoms with E-state index in [1.165, 1.54) is 0 Å². The van der Waals surface area contributed by atoms with Gasteiger partial charge < -0.3 is 0 Å². The van der Waals surface area contributed by atoms with Crippen molar-refractivity contribution in [3.8, 4) is 39.3 Å². The summed E-state index contributed by atoms with van der Waals surface area (Å²) in [7, 11) is 64.6. The first kappa shape index (κ1) is 33.3. The normalized spacial score (nSPS) is 11.5. The molecule has 212 valence electrons. The number of fused-ring (bicyclic) bond motifs is 3. The van der Waals surface area contributed by atoms with E-state index in [9.17, 15) is 0 Å². The topological polar surface area (TPSA) is 17.8 Å². The van der Waals surface area contributed by atoms with Gasteiger partial charge in [0.2, 0.25) is 0 Å². The van der Waals surface area contributed by atoms with Crippen LogP contribution in [0.3, 0.4) is 0 Å². The van der Waals surface area contributed by atoms with Crippen molar-refractivity contribution >= 4 is 166 Å². The molecule has 7 aromatic carbocycles. The van der Waals surface area contributed by atoms with Gasteiger partial charge in [0.15, 0.2) is 0 Å². The SMILES string of the molecule is [B]c1c([B])c([B])c(-c2c3ccccc3c(-c3ccccc3-n3c(-c4c([B])c([B])c([B])c([B])c4[B])nc4ccccc43)c3ccccc23)c([B])c1[B]. The van der Waals surface area contributed by atoms with Crippen LogP contribution in [-0.2, 0) is 0 Å². The van der Waals surface area contributed by atoms with Gasteiger partial charge in [0.1, 0.15) is 84.3 Å². The van der Waals surface area contributed by atoms with Gasteiger partial charge in [-0.25, -0.2) is 4.98 Å². The summed E-state index contributed by atoms with van der Waals surface area (Å²) in [6, 6.07) is 32.0. The summed E-state index contributed by atoms with van der Waals surface area (Å²) in [5, 5.41) is 3.62. The fourth-order valence-electron chi connectivity index (χ4n) is 7.22. The molecule has 20 radical (unpaired) electrons. The van der Waals surface area contributed by atoms with Gasteiger partial charge in [0.05, 0.1) is 16.7 Å². The fraction of sp³-hybridized carbons (Fsp3) is 0. The van der Waals surface area contributed by atoms with E-state index < -0.39 is 0 Å². The van der Waals surface area contributed by atoms with Gasteiger partial charge >= 0.3 is 0 Å². The summed E-state index contributed by atoms with van der Waals surface area (Å²) in [6.45, 7) is 0. The molecule has 0 bridgehead atoms. The third kappa shape index (κ3) is 4.90. The molecule has 0 saturated heterocycles. The Kier molecular flexibility index (Phi) is 8.13. The summed E-state index contributed by atoms with van der Waals surface area (Å²) in [6.07, 6.45) is 0. The van der Waals surface area contributed by atoms with Crippen LogP contribution in [0.5, 0.6) is 0 Å². The highest BCUT2D eigenvalue weighted by molar-refractivity contribution is 6.70. The second-order valence-corrected chi connectivity index (χ2v) is 12.5. The molecule has 51 heavy (non-hydrogen) atoms. The molecule has 12 heteroatoms. The lowest BCUT2D eigenvalue weighted by atomic mass is 9.59. The largest absolute Gasteiger partial charge is 0.292 e. The van der Waals surface area contributed by atoms with Crippen LogP contribution in [0, 0.1) is 0 Å². The average Bonchev–Trinajstić information content (AvgIpc) is 3.53. The van der Waals surface area contributed by atoms with Crippen molar-refractivity contribution in [2.24, 2.45) is 0 Å². The quantitative estimate of drug-likeness (QED) is 0.169. The van der Waals surface area contributed by atoms with E-state index in [0.717, 1.165) is 49.4 Å². The summed E-state index contributed by atoms with van der Waals surface area (Å²) < 4.78 is 2.02. The van der Waals surface area contributed by atoms with Gasteiger partial charge in [-0.3, -0.25) is 4.57 Å². The molecule has 0 spiro atoms. The summed E-state index contributed by atoms with van der Waals surface area (Å²) >= 11 is 0. The first-order chi connectivity index (χ1) is 24.5. The van der Waals surface area contributed by atoms with Gasteiger partial charge in [-0.2, -0.15) is 0 Å². The lowest BCUT2D eigenvalue weighted by Gasteiger charge is -2.26. The second kappa shape index (κ2) is 12.4. The molecule has 0 fully saturated rings. The van der Waals surface area contributed by atoms with Crippen LogP contribution >= 0.6 is 0 Å². The van der Waals surface area contributed by atoms with Gasteiger partial charge in [-0.05, 0) is 56.4 Å². The standard InChI is InChI=1S/C39H16B10N2/c40-29-27(30(41)34(45)37(48)33(29)44)26-19-11-3-1-9-17(19)25(18-10-2-4-12-20(18)26)21-13-5-7-15-23(21)51-24-16-8-6-14-22(24)50-39(51)28-31(42)35(46)38(49)36(47)32(28)43/h1-16H. The Morgan fingerprint density at radius 1 is 0.353 bits per heavy atom. The highest BCUT2D eigenvalue weighted by Gasteiger charge is 2.25. The number of imidazole rings is 1. The Morgan fingerprint density at radius 3 is 1.27 bits per heavy atom. The van der Waals surface area contributed by atoms with Crippen molar-refractivity contribution in [3.63, 3.8) is 0 Å². The molecular formula is C39H16B10N2. The Labute approximate surface area is 310 Å². The number of nitrogens with zero attached hydrogens (tertiary/aromatic N) is 2. The van der Waals surface area contributed by atoms with Crippen LogP contribution in [0.15, 0.2) is 97.1 Å². The first-order valence-electron chi connectivity index (χ1n) is 16.1. The van der Waals surface area contributed by atoms with Crippen LogP contribution in [0.2, 0.25) is 0 Å². The van der Waals surface area contributed by atoms with Crippen molar-refractivity contribution in [1.82, 2.24) is 9.55 Å². The minimum Gasteiger partial charge on any atom is -0.292 e. The molecule has 0 atom stereocenters. The van der Waals surface area contributed by atoms with E-state index in [0.29, 0.717) is 22.5 Å². The molecule has 2 nitrogen and oxygen atoms in total. The molecule has 0 aliphatic rings. The number of hydrogen-bond acceptors (Lipinski definition) is 1. The maximum atomic E-state index is 6.69. The lowest BCUT2D eigenvalue weighted by molar-refractivity contribution is 1.11. The van der Waals surface area contributed by atoms with Crippen molar-refractivity contribution in [2.75, 3.05) is 0 Å². The number of aromatic nitrogens is 2. The molecule has 0 aliphatic carbocycles. The van der Waals surface area contributed by atoms with Crippen LogP contribution in [0.4, 0.5) is 0 Å². The lowest BCUT2D eigenvalue weighted by Crippen LogP contribution is -2.55. The molecule has 0 unspecified atom stereocenters. The van der Waals surface area contributed by atoms with Crippen molar-refractivity contribution < 1.29 is 0 Å². The molecule has 1 aromatic heterocycles. The zero-order valence-electron chi connectivity index (χ0n) is 27.4. The molecule has 0 aliphatic heterocycles. The number of rotatable bonds is 4. The van der Waals surface area contributed by atoms with E-state index in [-0.39, 0.29) is 54.6 Å². The van der Waals surface area contributed by atoms with Crippen LogP contribution in [0.25, 0.3) is 71.9 Å². The van der Waals surface area contributed by atoms with Crippen LogP contribution < -0.4 is 54.6 Å². The molecular weight excluding hydrogens is 605 g/mol. The molecule has 0 saturated carbocycles. The molecule has 0 amide bonds. The number of benzene rings is 7. The average molecular weight is 621 g/mol. The summed E-state index contributed by atoms with van der Waals surface area (Å²) in [5.41, 5.74) is 7.69.